The highest BCUT2D eigenvalue weighted by Crippen LogP contribution is 2.10. The third-order valence-electron chi connectivity index (χ3n) is 2.17. The molecule has 4 heteroatoms. The summed E-state index contributed by atoms with van der Waals surface area (Å²) in [6, 6.07) is 7.66. The van der Waals surface area contributed by atoms with Gasteiger partial charge in [0.05, 0.1) is 6.54 Å². The number of urea groups is 1. The highest BCUT2D eigenvalue weighted by molar-refractivity contribution is 5.74. The van der Waals surface area contributed by atoms with E-state index in [4.69, 9.17) is 4.74 Å². The Bertz CT molecular complexity index is 380. The van der Waals surface area contributed by atoms with Crippen molar-refractivity contribution >= 4 is 6.03 Å². The first-order valence-corrected chi connectivity index (χ1v) is 6.12. The lowest BCUT2D eigenvalue weighted by molar-refractivity contribution is 0.228. The molecule has 0 unspecified atom stereocenters. The molecule has 18 heavy (non-hydrogen) atoms. The van der Waals surface area contributed by atoms with E-state index in [0.717, 1.165) is 5.75 Å². The molecule has 0 atom stereocenters. The molecule has 0 aliphatic carbocycles. The fraction of sp³-hybridized carbons (Fsp3) is 0.500. The number of carbonyl (C=O) groups is 1. The van der Waals surface area contributed by atoms with Crippen molar-refractivity contribution in [2.75, 3.05) is 13.2 Å². The molecule has 0 aliphatic heterocycles. The highest BCUT2D eigenvalue weighted by Gasteiger charge is 2.12. The van der Waals surface area contributed by atoms with E-state index in [1.165, 1.54) is 5.56 Å². The SMILES string of the molecule is Cc1ccc(OCCNC(=O)NC(C)(C)C)cc1. The molecule has 100 valence electrons. The van der Waals surface area contributed by atoms with E-state index in [-0.39, 0.29) is 11.6 Å². The normalized spacial score (nSPS) is 10.9. The number of carbonyl (C=O) groups excluding carboxylic acids is 1. The van der Waals surface area contributed by atoms with Gasteiger partial charge in [-0.25, -0.2) is 4.79 Å². The predicted octanol–water partition coefficient (Wildman–Crippen LogP) is 2.47. The van der Waals surface area contributed by atoms with Gasteiger partial charge in [-0.05, 0) is 39.8 Å². The molecule has 2 amide bonds. The Hall–Kier alpha value is -1.71. The number of hydrogen-bond acceptors (Lipinski definition) is 2. The summed E-state index contributed by atoms with van der Waals surface area (Å²) >= 11 is 0. The lowest BCUT2D eigenvalue weighted by Gasteiger charge is -2.20. The zero-order valence-corrected chi connectivity index (χ0v) is 11.5. The molecule has 1 rings (SSSR count). The van der Waals surface area contributed by atoms with Gasteiger partial charge in [0, 0.05) is 5.54 Å². The average Bonchev–Trinajstić information content (AvgIpc) is 2.24. The van der Waals surface area contributed by atoms with Crippen molar-refractivity contribution in [3.8, 4) is 5.75 Å². The van der Waals surface area contributed by atoms with Crippen molar-refractivity contribution in [3.63, 3.8) is 0 Å². The molecular weight excluding hydrogens is 228 g/mol. The number of benzene rings is 1. The molecule has 4 nitrogen and oxygen atoms in total. The molecule has 0 spiro atoms. The summed E-state index contributed by atoms with van der Waals surface area (Å²) in [7, 11) is 0. The first-order valence-electron chi connectivity index (χ1n) is 6.12. The summed E-state index contributed by atoms with van der Waals surface area (Å²) in [5, 5.41) is 5.57. The van der Waals surface area contributed by atoms with E-state index in [2.05, 4.69) is 10.6 Å². The maximum absolute atomic E-state index is 11.4. The highest BCUT2D eigenvalue weighted by atomic mass is 16.5. The van der Waals surface area contributed by atoms with Crippen molar-refractivity contribution in [3.05, 3.63) is 29.8 Å². The maximum atomic E-state index is 11.4. The van der Waals surface area contributed by atoms with Gasteiger partial charge in [0.15, 0.2) is 0 Å². The van der Waals surface area contributed by atoms with Crippen molar-refractivity contribution in [1.82, 2.24) is 10.6 Å². The van der Waals surface area contributed by atoms with Gasteiger partial charge in [0.1, 0.15) is 12.4 Å². The Balaban J connectivity index is 2.19. The average molecular weight is 250 g/mol. The molecule has 0 aromatic heterocycles. The molecule has 0 saturated heterocycles. The first kappa shape index (κ1) is 14.4. The molecule has 2 N–H and O–H groups in total. The van der Waals surface area contributed by atoms with Crippen LogP contribution in [0.4, 0.5) is 4.79 Å². The van der Waals surface area contributed by atoms with Crippen LogP contribution in [0.5, 0.6) is 5.75 Å². The van der Waals surface area contributed by atoms with Gasteiger partial charge in [-0.15, -0.1) is 0 Å². The van der Waals surface area contributed by atoms with E-state index in [1.807, 2.05) is 52.0 Å². The summed E-state index contributed by atoms with van der Waals surface area (Å²) in [6.07, 6.45) is 0. The lowest BCUT2D eigenvalue weighted by Crippen LogP contribution is -2.47. The third-order valence-corrected chi connectivity index (χ3v) is 2.17. The monoisotopic (exact) mass is 250 g/mol. The Labute approximate surface area is 109 Å². The standard InChI is InChI=1S/C14H22N2O2/c1-11-5-7-12(8-6-11)18-10-9-15-13(17)16-14(2,3)4/h5-8H,9-10H2,1-4H3,(H2,15,16,17). The molecule has 1 aromatic carbocycles. The van der Waals surface area contributed by atoms with Crippen LogP contribution in [-0.4, -0.2) is 24.7 Å². The molecule has 0 bridgehead atoms. The molecule has 0 heterocycles. The molecule has 0 aliphatic rings. The Kier molecular flexibility index (Phi) is 5.01. The summed E-state index contributed by atoms with van der Waals surface area (Å²) in [5.41, 5.74) is 0.979. The second-order valence-corrected chi connectivity index (χ2v) is 5.29. The van der Waals surface area contributed by atoms with Crippen LogP contribution < -0.4 is 15.4 Å². The fourth-order valence-electron chi connectivity index (χ4n) is 1.35. The molecule has 0 radical (unpaired) electrons. The third kappa shape index (κ3) is 6.13. The minimum Gasteiger partial charge on any atom is -0.492 e. The van der Waals surface area contributed by atoms with Crippen LogP contribution in [0.3, 0.4) is 0 Å². The van der Waals surface area contributed by atoms with Crippen LogP contribution in [-0.2, 0) is 0 Å². The van der Waals surface area contributed by atoms with Gasteiger partial charge >= 0.3 is 6.03 Å². The number of nitrogens with one attached hydrogen (secondary N) is 2. The van der Waals surface area contributed by atoms with Gasteiger partial charge in [0.2, 0.25) is 0 Å². The van der Waals surface area contributed by atoms with Crippen LogP contribution in [0.15, 0.2) is 24.3 Å². The van der Waals surface area contributed by atoms with E-state index in [9.17, 15) is 4.79 Å². The Morgan fingerprint density at radius 1 is 1.22 bits per heavy atom. The van der Waals surface area contributed by atoms with Crippen LogP contribution in [0.1, 0.15) is 26.3 Å². The zero-order chi connectivity index (χ0) is 13.6. The van der Waals surface area contributed by atoms with E-state index in [1.54, 1.807) is 0 Å². The summed E-state index contributed by atoms with van der Waals surface area (Å²) in [5.74, 6) is 0.818. The van der Waals surface area contributed by atoms with Crippen LogP contribution in [0.2, 0.25) is 0 Å². The number of rotatable bonds is 4. The summed E-state index contributed by atoms with van der Waals surface area (Å²) in [4.78, 5) is 11.4. The van der Waals surface area contributed by atoms with Gasteiger partial charge in [-0.3, -0.25) is 0 Å². The minimum absolute atomic E-state index is 0.171. The maximum Gasteiger partial charge on any atom is 0.315 e. The van der Waals surface area contributed by atoms with Gasteiger partial charge in [-0.2, -0.15) is 0 Å². The Morgan fingerprint density at radius 2 is 1.83 bits per heavy atom. The second-order valence-electron chi connectivity index (χ2n) is 5.29. The number of ether oxygens (including phenoxy) is 1. The van der Waals surface area contributed by atoms with Crippen molar-refractivity contribution in [2.24, 2.45) is 0 Å². The number of hydrogen-bond donors (Lipinski definition) is 2. The molecule has 0 saturated carbocycles. The van der Waals surface area contributed by atoms with Crippen molar-refractivity contribution in [2.45, 2.75) is 33.2 Å². The van der Waals surface area contributed by atoms with Crippen molar-refractivity contribution < 1.29 is 9.53 Å². The zero-order valence-electron chi connectivity index (χ0n) is 11.5. The second kappa shape index (κ2) is 6.28. The predicted molar refractivity (Wildman–Crippen MR) is 73.0 cm³/mol. The number of aryl methyl sites for hydroxylation is 1. The minimum atomic E-state index is -0.220. The van der Waals surface area contributed by atoms with Crippen LogP contribution in [0.25, 0.3) is 0 Å². The Morgan fingerprint density at radius 3 is 2.39 bits per heavy atom. The van der Waals surface area contributed by atoms with E-state index >= 15 is 0 Å². The smallest absolute Gasteiger partial charge is 0.315 e. The molecule has 1 aromatic rings. The van der Waals surface area contributed by atoms with E-state index in [0.29, 0.717) is 13.2 Å². The fourth-order valence-corrected chi connectivity index (χ4v) is 1.35. The van der Waals surface area contributed by atoms with Gasteiger partial charge in [-0.1, -0.05) is 17.7 Å². The van der Waals surface area contributed by atoms with Crippen LogP contribution in [0, 0.1) is 6.92 Å². The van der Waals surface area contributed by atoms with Gasteiger partial charge < -0.3 is 15.4 Å². The quantitative estimate of drug-likeness (QED) is 0.807. The lowest BCUT2D eigenvalue weighted by atomic mass is 10.1. The largest absolute Gasteiger partial charge is 0.492 e. The number of amides is 2. The summed E-state index contributed by atoms with van der Waals surface area (Å²) < 4.78 is 5.50. The molecule has 0 fully saturated rings. The first-order chi connectivity index (χ1) is 8.37. The van der Waals surface area contributed by atoms with Crippen LogP contribution >= 0.6 is 0 Å². The van der Waals surface area contributed by atoms with Gasteiger partial charge in [0.25, 0.3) is 0 Å². The molecular formula is C14H22N2O2. The van der Waals surface area contributed by atoms with Crippen molar-refractivity contribution in [1.29, 1.82) is 0 Å². The summed E-state index contributed by atoms with van der Waals surface area (Å²) in [6.45, 7) is 8.79. The van der Waals surface area contributed by atoms with E-state index < -0.39 is 0 Å². The topological polar surface area (TPSA) is 50.4 Å².